The summed E-state index contributed by atoms with van der Waals surface area (Å²) < 4.78 is 0. The van der Waals surface area contributed by atoms with E-state index in [0.29, 0.717) is 28.0 Å². The summed E-state index contributed by atoms with van der Waals surface area (Å²) in [5.74, 6) is 0. The molecule has 0 amide bonds. The lowest BCUT2D eigenvalue weighted by Gasteiger charge is -1.87. The summed E-state index contributed by atoms with van der Waals surface area (Å²) in [5, 5.41) is 7.50. The topological polar surface area (TPSA) is 58.6 Å². The van der Waals surface area contributed by atoms with E-state index in [1.807, 2.05) is 0 Å². The van der Waals surface area contributed by atoms with Gasteiger partial charge in [0.25, 0.3) is 0 Å². The number of carbonyl (C=O) groups excluding carboxylic acids is 1. The van der Waals surface area contributed by atoms with Crippen LogP contribution in [0.1, 0.15) is 10.5 Å². The fraction of sp³-hybridized carbons (Fsp3) is 0. The van der Waals surface area contributed by atoms with Crippen molar-refractivity contribution in [1.82, 2.24) is 15.2 Å². The number of carbonyl (C=O) groups is 1. The summed E-state index contributed by atoms with van der Waals surface area (Å²) >= 11 is 5.62. The molecule has 0 radical (unpaired) electrons. The molecule has 60 valence electrons. The van der Waals surface area contributed by atoms with Crippen molar-refractivity contribution in [2.24, 2.45) is 0 Å². The molecule has 2 rings (SSSR count). The zero-order chi connectivity index (χ0) is 8.55. The van der Waals surface area contributed by atoms with Crippen molar-refractivity contribution in [3.8, 4) is 0 Å². The zero-order valence-corrected chi connectivity index (χ0v) is 6.67. The molecule has 0 atom stereocenters. The van der Waals surface area contributed by atoms with E-state index >= 15 is 0 Å². The Bertz CT molecular complexity index is 437. The predicted molar refractivity (Wildman–Crippen MR) is 44.3 cm³/mol. The summed E-state index contributed by atoms with van der Waals surface area (Å²) in [7, 11) is 0. The first-order valence-corrected chi connectivity index (χ1v) is 3.64. The Morgan fingerprint density at radius 1 is 1.58 bits per heavy atom. The SMILES string of the molecule is O=Cc1[nH]nc2cc(Cl)ncc12. The van der Waals surface area contributed by atoms with Gasteiger partial charge in [-0.1, -0.05) is 11.6 Å². The molecule has 2 heterocycles. The molecule has 2 aromatic heterocycles. The number of aldehydes is 1. The highest BCUT2D eigenvalue weighted by Gasteiger charge is 2.04. The Kier molecular flexibility index (Phi) is 1.55. The minimum atomic E-state index is 0.367. The highest BCUT2D eigenvalue weighted by atomic mass is 35.5. The molecule has 0 unspecified atom stereocenters. The third-order valence-corrected chi connectivity index (χ3v) is 1.76. The molecule has 0 aliphatic heterocycles. The van der Waals surface area contributed by atoms with Gasteiger partial charge < -0.3 is 0 Å². The largest absolute Gasteiger partial charge is 0.296 e. The van der Waals surface area contributed by atoms with Gasteiger partial charge in [0, 0.05) is 17.6 Å². The molecule has 1 N–H and O–H groups in total. The molecular weight excluding hydrogens is 178 g/mol. The normalized spacial score (nSPS) is 10.4. The number of fused-ring (bicyclic) bond motifs is 1. The van der Waals surface area contributed by atoms with Crippen LogP contribution in [0.5, 0.6) is 0 Å². The van der Waals surface area contributed by atoms with E-state index in [-0.39, 0.29) is 0 Å². The van der Waals surface area contributed by atoms with Crippen LogP contribution in [-0.2, 0) is 0 Å². The van der Waals surface area contributed by atoms with Crippen LogP contribution in [0.15, 0.2) is 12.3 Å². The Morgan fingerprint density at radius 3 is 3.17 bits per heavy atom. The number of rotatable bonds is 1. The van der Waals surface area contributed by atoms with Crippen molar-refractivity contribution in [2.45, 2.75) is 0 Å². The highest BCUT2D eigenvalue weighted by Crippen LogP contribution is 2.16. The molecule has 0 saturated carbocycles. The van der Waals surface area contributed by atoms with Gasteiger partial charge in [0.2, 0.25) is 0 Å². The van der Waals surface area contributed by atoms with Gasteiger partial charge in [-0.25, -0.2) is 4.98 Å². The number of pyridine rings is 1. The van der Waals surface area contributed by atoms with Crippen LogP contribution in [0.25, 0.3) is 10.9 Å². The second kappa shape index (κ2) is 2.57. The number of hydrogen-bond donors (Lipinski definition) is 1. The Morgan fingerprint density at radius 2 is 2.42 bits per heavy atom. The van der Waals surface area contributed by atoms with Crippen LogP contribution in [0.2, 0.25) is 5.15 Å². The predicted octanol–water partition coefficient (Wildman–Crippen LogP) is 1.42. The molecule has 0 aliphatic rings. The fourth-order valence-corrected chi connectivity index (χ4v) is 1.14. The average molecular weight is 182 g/mol. The van der Waals surface area contributed by atoms with Crippen LogP contribution >= 0.6 is 11.6 Å². The molecule has 5 heteroatoms. The van der Waals surface area contributed by atoms with Crippen LogP contribution < -0.4 is 0 Å². The maximum absolute atomic E-state index is 10.4. The molecular formula is C7H4ClN3O. The minimum Gasteiger partial charge on any atom is -0.296 e. The molecule has 0 aromatic carbocycles. The summed E-state index contributed by atoms with van der Waals surface area (Å²) in [5.41, 5.74) is 1.08. The third-order valence-electron chi connectivity index (χ3n) is 1.55. The van der Waals surface area contributed by atoms with E-state index in [4.69, 9.17) is 11.6 Å². The number of nitrogens with zero attached hydrogens (tertiary/aromatic N) is 2. The van der Waals surface area contributed by atoms with E-state index in [0.717, 1.165) is 0 Å². The number of aromatic amines is 1. The number of H-pyrrole nitrogens is 1. The maximum Gasteiger partial charge on any atom is 0.168 e. The van der Waals surface area contributed by atoms with Gasteiger partial charge in [-0.15, -0.1) is 0 Å². The quantitative estimate of drug-likeness (QED) is 0.535. The van der Waals surface area contributed by atoms with Crippen molar-refractivity contribution in [2.75, 3.05) is 0 Å². The van der Waals surface area contributed by atoms with Gasteiger partial charge in [0.15, 0.2) is 6.29 Å². The lowest BCUT2D eigenvalue weighted by molar-refractivity contribution is 0.112. The number of hydrogen-bond acceptors (Lipinski definition) is 3. The van der Waals surface area contributed by atoms with Crippen molar-refractivity contribution in [1.29, 1.82) is 0 Å². The maximum atomic E-state index is 10.4. The van der Waals surface area contributed by atoms with E-state index in [2.05, 4.69) is 15.2 Å². The number of aromatic nitrogens is 3. The smallest absolute Gasteiger partial charge is 0.168 e. The van der Waals surface area contributed by atoms with Crippen molar-refractivity contribution < 1.29 is 4.79 Å². The second-order valence-corrected chi connectivity index (χ2v) is 2.67. The number of nitrogens with one attached hydrogen (secondary N) is 1. The summed E-state index contributed by atoms with van der Waals surface area (Å²) in [6.07, 6.45) is 2.22. The van der Waals surface area contributed by atoms with Crippen molar-refractivity contribution in [3.05, 3.63) is 23.1 Å². The lowest BCUT2D eigenvalue weighted by atomic mass is 10.3. The average Bonchev–Trinajstić information content (AvgIpc) is 2.46. The van der Waals surface area contributed by atoms with Gasteiger partial charge >= 0.3 is 0 Å². The zero-order valence-electron chi connectivity index (χ0n) is 5.91. The van der Waals surface area contributed by atoms with Crippen LogP contribution in [-0.4, -0.2) is 21.5 Å². The van der Waals surface area contributed by atoms with E-state index < -0.39 is 0 Å². The van der Waals surface area contributed by atoms with Crippen LogP contribution in [0, 0.1) is 0 Å². The van der Waals surface area contributed by atoms with E-state index in [9.17, 15) is 4.79 Å². The van der Waals surface area contributed by atoms with Crippen molar-refractivity contribution in [3.63, 3.8) is 0 Å². The first kappa shape index (κ1) is 7.24. The Balaban J connectivity index is 2.81. The summed E-state index contributed by atoms with van der Waals surface area (Å²) in [6.45, 7) is 0. The molecule has 0 spiro atoms. The highest BCUT2D eigenvalue weighted by molar-refractivity contribution is 6.30. The fourth-order valence-electron chi connectivity index (χ4n) is 0.991. The van der Waals surface area contributed by atoms with Gasteiger partial charge in [-0.2, -0.15) is 5.10 Å². The number of halogens is 1. The Hall–Kier alpha value is -1.42. The van der Waals surface area contributed by atoms with Crippen LogP contribution in [0.4, 0.5) is 0 Å². The van der Waals surface area contributed by atoms with E-state index in [1.165, 1.54) is 6.20 Å². The van der Waals surface area contributed by atoms with Gasteiger partial charge in [0.1, 0.15) is 10.8 Å². The molecule has 0 aliphatic carbocycles. The monoisotopic (exact) mass is 181 g/mol. The second-order valence-electron chi connectivity index (χ2n) is 2.28. The van der Waals surface area contributed by atoms with Crippen LogP contribution in [0.3, 0.4) is 0 Å². The van der Waals surface area contributed by atoms with E-state index in [1.54, 1.807) is 6.07 Å². The first-order chi connectivity index (χ1) is 5.81. The minimum absolute atomic E-state index is 0.367. The van der Waals surface area contributed by atoms with Gasteiger partial charge in [0.05, 0.1) is 5.52 Å². The Labute approximate surface area is 72.6 Å². The van der Waals surface area contributed by atoms with Gasteiger partial charge in [-0.3, -0.25) is 9.89 Å². The standard InChI is InChI=1S/C7H4ClN3O/c8-7-1-5-4(2-9-7)6(3-12)11-10-5/h1-3H,(H,10,11). The van der Waals surface area contributed by atoms with Crippen molar-refractivity contribution >= 4 is 28.8 Å². The third kappa shape index (κ3) is 0.967. The molecule has 2 aromatic rings. The summed E-state index contributed by atoms with van der Waals surface area (Å²) in [6, 6.07) is 1.60. The molecule has 12 heavy (non-hydrogen) atoms. The molecule has 0 saturated heterocycles. The first-order valence-electron chi connectivity index (χ1n) is 3.26. The summed E-state index contributed by atoms with van der Waals surface area (Å²) in [4.78, 5) is 14.3. The molecule has 4 nitrogen and oxygen atoms in total. The molecule has 0 bridgehead atoms. The molecule has 0 fully saturated rings. The lowest BCUT2D eigenvalue weighted by Crippen LogP contribution is -1.79. The van der Waals surface area contributed by atoms with Gasteiger partial charge in [-0.05, 0) is 0 Å².